The Hall–Kier alpha value is -3.02. The summed E-state index contributed by atoms with van der Waals surface area (Å²) in [5.41, 5.74) is 3.78. The molecule has 33 heavy (non-hydrogen) atoms. The maximum absolute atomic E-state index is 13.8. The van der Waals surface area contributed by atoms with Crippen molar-refractivity contribution in [3.05, 3.63) is 59.7 Å². The average Bonchev–Trinajstić information content (AvgIpc) is 2.77. The van der Waals surface area contributed by atoms with Gasteiger partial charge in [0.2, 0.25) is 5.91 Å². The highest BCUT2D eigenvalue weighted by atomic mass is 16.2. The van der Waals surface area contributed by atoms with Crippen LogP contribution in [0.1, 0.15) is 64.5 Å². The molecule has 0 aliphatic rings. The molecule has 0 fully saturated rings. The average molecular weight is 453 g/mol. The molecule has 0 heterocycles. The molecule has 2 N–H and O–H groups in total. The number of carbonyl (C=O) groups is 2. The second kappa shape index (κ2) is 12.3. The lowest BCUT2D eigenvalue weighted by Crippen LogP contribution is -2.41. The topological polar surface area (TPSA) is 64.7 Å². The van der Waals surface area contributed by atoms with Crippen LogP contribution in [0.3, 0.4) is 0 Å². The Kier molecular flexibility index (Phi) is 9.76. The first-order chi connectivity index (χ1) is 15.7. The van der Waals surface area contributed by atoms with Gasteiger partial charge < -0.3 is 20.4 Å². The maximum Gasteiger partial charge on any atom is 0.319 e. The number of carbonyl (C=O) groups excluding carboxylic acids is 2. The molecular weight excluding hydrogens is 412 g/mol. The standard InChI is InChI=1S/C27H40N4O2/c1-8-20(5)31(26(32)24(9-2)21-13-11-10-12-14-21)18-22-17-23(15-16-25(22)30(6)7)29-27(33)28-19(3)4/h10-17,19-20,24H,8-9,18H2,1-7H3,(H2,28,29,33)/t20-,24-/m0/s1. The third-order valence-corrected chi connectivity index (χ3v) is 5.89. The lowest BCUT2D eigenvalue weighted by atomic mass is 9.94. The minimum Gasteiger partial charge on any atom is -0.377 e. The van der Waals surface area contributed by atoms with Crippen molar-refractivity contribution in [2.24, 2.45) is 0 Å². The summed E-state index contributed by atoms with van der Waals surface area (Å²) >= 11 is 0. The molecular formula is C27H40N4O2. The monoisotopic (exact) mass is 452 g/mol. The third kappa shape index (κ3) is 7.24. The van der Waals surface area contributed by atoms with Crippen molar-refractivity contribution in [2.45, 2.75) is 72.0 Å². The van der Waals surface area contributed by atoms with Gasteiger partial charge in [0.05, 0.1) is 5.92 Å². The lowest BCUT2D eigenvalue weighted by Gasteiger charge is -2.33. The number of benzene rings is 2. The molecule has 0 spiro atoms. The number of nitrogens with zero attached hydrogens (tertiary/aromatic N) is 2. The van der Waals surface area contributed by atoms with Crippen molar-refractivity contribution in [1.29, 1.82) is 0 Å². The molecule has 180 valence electrons. The van der Waals surface area contributed by atoms with Gasteiger partial charge in [0, 0.05) is 44.1 Å². The molecule has 0 aliphatic heterocycles. The zero-order valence-corrected chi connectivity index (χ0v) is 21.2. The molecule has 0 saturated carbocycles. The Morgan fingerprint density at radius 2 is 1.61 bits per heavy atom. The number of nitrogens with one attached hydrogen (secondary N) is 2. The smallest absolute Gasteiger partial charge is 0.319 e. The summed E-state index contributed by atoms with van der Waals surface area (Å²) < 4.78 is 0. The molecule has 0 aliphatic carbocycles. The minimum atomic E-state index is -0.237. The lowest BCUT2D eigenvalue weighted by molar-refractivity contribution is -0.135. The van der Waals surface area contributed by atoms with E-state index in [4.69, 9.17) is 0 Å². The molecule has 6 nitrogen and oxygen atoms in total. The first-order valence-electron chi connectivity index (χ1n) is 11.9. The first-order valence-corrected chi connectivity index (χ1v) is 11.9. The number of hydrogen-bond acceptors (Lipinski definition) is 3. The quantitative estimate of drug-likeness (QED) is 0.493. The largest absolute Gasteiger partial charge is 0.377 e. The summed E-state index contributed by atoms with van der Waals surface area (Å²) in [4.78, 5) is 30.0. The van der Waals surface area contributed by atoms with E-state index in [9.17, 15) is 9.59 Å². The van der Waals surface area contributed by atoms with E-state index in [1.807, 2.05) is 86.3 Å². The second-order valence-electron chi connectivity index (χ2n) is 9.09. The van der Waals surface area contributed by atoms with E-state index < -0.39 is 0 Å². The summed E-state index contributed by atoms with van der Waals surface area (Å²) in [6.45, 7) is 10.6. The molecule has 2 rings (SSSR count). The van der Waals surface area contributed by atoms with Crippen molar-refractivity contribution in [2.75, 3.05) is 24.3 Å². The van der Waals surface area contributed by atoms with Gasteiger partial charge >= 0.3 is 6.03 Å². The summed E-state index contributed by atoms with van der Waals surface area (Å²) in [7, 11) is 3.98. The van der Waals surface area contributed by atoms with E-state index in [0.29, 0.717) is 12.2 Å². The highest BCUT2D eigenvalue weighted by Crippen LogP contribution is 2.29. The van der Waals surface area contributed by atoms with Crippen LogP contribution >= 0.6 is 0 Å². The molecule has 6 heteroatoms. The Bertz CT molecular complexity index is 912. The maximum atomic E-state index is 13.8. The number of hydrogen-bond donors (Lipinski definition) is 2. The highest BCUT2D eigenvalue weighted by Gasteiger charge is 2.28. The normalized spacial score (nSPS) is 12.7. The van der Waals surface area contributed by atoms with Crippen molar-refractivity contribution < 1.29 is 9.59 Å². The van der Waals surface area contributed by atoms with Crippen LogP contribution in [0.2, 0.25) is 0 Å². The molecule has 0 radical (unpaired) electrons. The van der Waals surface area contributed by atoms with Gasteiger partial charge in [0.25, 0.3) is 0 Å². The van der Waals surface area contributed by atoms with Gasteiger partial charge in [0.1, 0.15) is 0 Å². The zero-order chi connectivity index (χ0) is 24.5. The summed E-state index contributed by atoms with van der Waals surface area (Å²) in [6.07, 6.45) is 1.61. The van der Waals surface area contributed by atoms with Crippen LogP contribution in [-0.2, 0) is 11.3 Å². The molecule has 2 aromatic carbocycles. The Balaban J connectivity index is 2.39. The van der Waals surface area contributed by atoms with E-state index in [1.54, 1.807) is 0 Å². The van der Waals surface area contributed by atoms with E-state index in [2.05, 4.69) is 31.4 Å². The van der Waals surface area contributed by atoms with Gasteiger partial charge in [0.15, 0.2) is 0 Å². The second-order valence-corrected chi connectivity index (χ2v) is 9.09. The van der Waals surface area contributed by atoms with Crippen molar-refractivity contribution in [3.63, 3.8) is 0 Å². The minimum absolute atomic E-state index is 0.0491. The molecule has 0 bridgehead atoms. The van der Waals surface area contributed by atoms with E-state index in [-0.39, 0.29) is 29.9 Å². The van der Waals surface area contributed by atoms with Gasteiger partial charge in [-0.25, -0.2) is 4.79 Å². The third-order valence-electron chi connectivity index (χ3n) is 5.89. The van der Waals surface area contributed by atoms with E-state index >= 15 is 0 Å². The number of urea groups is 1. The van der Waals surface area contributed by atoms with Crippen LogP contribution in [0.4, 0.5) is 16.2 Å². The molecule has 0 unspecified atom stereocenters. The van der Waals surface area contributed by atoms with Crippen molar-refractivity contribution in [1.82, 2.24) is 10.2 Å². The summed E-state index contributed by atoms with van der Waals surface area (Å²) in [6, 6.07) is 15.8. The first kappa shape index (κ1) is 26.2. The summed E-state index contributed by atoms with van der Waals surface area (Å²) in [5.74, 6) is -0.0418. The van der Waals surface area contributed by atoms with Gasteiger partial charge in [-0.15, -0.1) is 0 Å². The fourth-order valence-electron chi connectivity index (χ4n) is 3.95. The van der Waals surface area contributed by atoms with Crippen LogP contribution in [0.5, 0.6) is 0 Å². The molecule has 0 aromatic heterocycles. The zero-order valence-electron chi connectivity index (χ0n) is 21.2. The van der Waals surface area contributed by atoms with E-state index in [0.717, 1.165) is 29.7 Å². The van der Waals surface area contributed by atoms with Crippen LogP contribution in [0.15, 0.2) is 48.5 Å². The van der Waals surface area contributed by atoms with Gasteiger partial charge in [-0.05, 0) is 62.9 Å². The molecule has 2 aromatic rings. The van der Waals surface area contributed by atoms with Crippen LogP contribution in [0.25, 0.3) is 0 Å². The molecule has 0 saturated heterocycles. The Labute approximate surface area is 199 Å². The molecule has 2 atom stereocenters. The fourth-order valence-corrected chi connectivity index (χ4v) is 3.95. The van der Waals surface area contributed by atoms with Gasteiger partial charge in [-0.1, -0.05) is 44.2 Å². The van der Waals surface area contributed by atoms with Crippen LogP contribution in [-0.4, -0.2) is 43.0 Å². The van der Waals surface area contributed by atoms with Gasteiger partial charge in [-0.2, -0.15) is 0 Å². The van der Waals surface area contributed by atoms with Crippen LogP contribution < -0.4 is 15.5 Å². The molecule has 3 amide bonds. The van der Waals surface area contributed by atoms with Crippen LogP contribution in [0, 0.1) is 0 Å². The Morgan fingerprint density at radius 3 is 2.15 bits per heavy atom. The SMILES string of the molecule is CC[C@H](C(=O)N(Cc1cc(NC(=O)NC(C)C)ccc1N(C)C)[C@@H](C)CC)c1ccccc1. The Morgan fingerprint density at radius 1 is 0.939 bits per heavy atom. The van der Waals surface area contributed by atoms with Crippen molar-refractivity contribution >= 4 is 23.3 Å². The van der Waals surface area contributed by atoms with Gasteiger partial charge in [-0.3, -0.25) is 4.79 Å². The predicted molar refractivity (Wildman–Crippen MR) is 138 cm³/mol. The predicted octanol–water partition coefficient (Wildman–Crippen LogP) is 5.60. The number of anilines is 2. The number of amides is 3. The summed E-state index contributed by atoms with van der Waals surface area (Å²) in [5, 5.41) is 5.76. The van der Waals surface area contributed by atoms with E-state index in [1.165, 1.54) is 0 Å². The number of rotatable bonds is 10. The van der Waals surface area contributed by atoms with Crippen molar-refractivity contribution in [3.8, 4) is 0 Å². The fraction of sp³-hybridized carbons (Fsp3) is 0.481. The highest BCUT2D eigenvalue weighted by molar-refractivity contribution is 5.90.